The summed E-state index contributed by atoms with van der Waals surface area (Å²) >= 11 is 3.42. The van der Waals surface area contributed by atoms with Gasteiger partial charge in [0.05, 0.1) is 4.92 Å². The molecule has 0 saturated heterocycles. The van der Waals surface area contributed by atoms with Crippen LogP contribution < -0.4 is 11.1 Å². The summed E-state index contributed by atoms with van der Waals surface area (Å²) in [5, 5.41) is 14.4. The van der Waals surface area contributed by atoms with Crippen molar-refractivity contribution in [2.75, 3.05) is 11.9 Å². The molecule has 20 heavy (non-hydrogen) atoms. The van der Waals surface area contributed by atoms with Gasteiger partial charge < -0.3 is 11.1 Å². The van der Waals surface area contributed by atoms with Gasteiger partial charge in [-0.15, -0.1) is 0 Å². The highest BCUT2D eigenvalue weighted by molar-refractivity contribution is 9.10. The number of nitrogens with two attached hydrogens (primary N) is 1. The molecule has 3 N–H and O–H groups in total. The molecule has 2 atom stereocenters. The fourth-order valence-corrected chi connectivity index (χ4v) is 3.30. The van der Waals surface area contributed by atoms with Crippen LogP contribution in [0.2, 0.25) is 0 Å². The predicted octanol–water partition coefficient (Wildman–Crippen LogP) is 3.60. The summed E-state index contributed by atoms with van der Waals surface area (Å²) in [7, 11) is 0. The number of nitro benzene ring substituents is 1. The van der Waals surface area contributed by atoms with Crippen LogP contribution in [0, 0.1) is 23.0 Å². The normalized spacial score (nSPS) is 22.6. The Morgan fingerprint density at radius 2 is 2.15 bits per heavy atom. The number of hydrogen-bond donors (Lipinski definition) is 2. The summed E-state index contributed by atoms with van der Waals surface area (Å²) in [6, 6.07) is 3.76. The monoisotopic (exact) mass is 341 g/mol. The molecule has 0 spiro atoms. The summed E-state index contributed by atoms with van der Waals surface area (Å²) in [6.45, 7) is 2.44. The van der Waals surface area contributed by atoms with Crippen molar-refractivity contribution in [3.8, 4) is 0 Å². The predicted molar refractivity (Wildman–Crippen MR) is 84.0 cm³/mol. The molecule has 1 fully saturated rings. The topological polar surface area (TPSA) is 81.2 Å². The summed E-state index contributed by atoms with van der Waals surface area (Å²) in [6.07, 6.45) is 4.69. The zero-order valence-electron chi connectivity index (χ0n) is 11.6. The lowest BCUT2D eigenvalue weighted by Gasteiger charge is -2.32. The first-order valence-electron chi connectivity index (χ1n) is 6.94. The first-order valence-corrected chi connectivity index (χ1v) is 7.73. The van der Waals surface area contributed by atoms with Gasteiger partial charge in [0.25, 0.3) is 5.69 Å². The first kappa shape index (κ1) is 15.3. The van der Waals surface area contributed by atoms with Gasteiger partial charge in [0.15, 0.2) is 0 Å². The van der Waals surface area contributed by atoms with Crippen LogP contribution in [-0.4, -0.2) is 17.5 Å². The third-order valence-electron chi connectivity index (χ3n) is 4.04. The van der Waals surface area contributed by atoms with Crippen LogP contribution in [0.15, 0.2) is 16.6 Å². The van der Waals surface area contributed by atoms with E-state index in [-0.39, 0.29) is 10.6 Å². The summed E-state index contributed by atoms with van der Waals surface area (Å²) in [5.74, 6) is 0.478. The van der Waals surface area contributed by atoms with Crippen LogP contribution in [0.25, 0.3) is 0 Å². The number of hydrogen-bond acceptors (Lipinski definition) is 4. The van der Waals surface area contributed by atoms with Crippen LogP contribution >= 0.6 is 15.9 Å². The molecule has 1 aliphatic rings. The summed E-state index contributed by atoms with van der Waals surface area (Å²) < 4.78 is 0.733. The quantitative estimate of drug-likeness (QED) is 0.647. The molecule has 0 aliphatic heterocycles. The minimum absolute atomic E-state index is 0.140. The molecule has 0 bridgehead atoms. The third kappa shape index (κ3) is 3.30. The SMILES string of the molecule is Cc1cc(NC2CCCCC2CN)c(Br)cc1[N+](=O)[O-]. The lowest BCUT2D eigenvalue weighted by molar-refractivity contribution is -0.385. The van der Waals surface area contributed by atoms with E-state index in [9.17, 15) is 10.1 Å². The van der Waals surface area contributed by atoms with E-state index in [0.29, 0.717) is 24.1 Å². The summed E-state index contributed by atoms with van der Waals surface area (Å²) in [4.78, 5) is 10.6. The van der Waals surface area contributed by atoms with E-state index < -0.39 is 0 Å². The van der Waals surface area contributed by atoms with E-state index in [1.165, 1.54) is 12.8 Å². The van der Waals surface area contributed by atoms with Crippen LogP contribution in [0.5, 0.6) is 0 Å². The fourth-order valence-electron chi connectivity index (χ4n) is 2.86. The van der Waals surface area contributed by atoms with Gasteiger partial charge in [-0.3, -0.25) is 10.1 Å². The number of halogens is 1. The lowest BCUT2D eigenvalue weighted by Crippen LogP contribution is -2.36. The number of anilines is 1. The van der Waals surface area contributed by atoms with E-state index in [2.05, 4.69) is 21.2 Å². The molecule has 1 aromatic carbocycles. The second-order valence-electron chi connectivity index (χ2n) is 5.41. The number of benzene rings is 1. The van der Waals surface area contributed by atoms with Crippen molar-refractivity contribution in [2.24, 2.45) is 11.7 Å². The van der Waals surface area contributed by atoms with Crippen molar-refractivity contribution in [3.63, 3.8) is 0 Å². The Morgan fingerprint density at radius 3 is 2.80 bits per heavy atom. The van der Waals surface area contributed by atoms with E-state index >= 15 is 0 Å². The second kappa shape index (κ2) is 6.54. The Balaban J connectivity index is 2.20. The van der Waals surface area contributed by atoms with Gasteiger partial charge >= 0.3 is 0 Å². The highest BCUT2D eigenvalue weighted by Gasteiger charge is 2.25. The minimum Gasteiger partial charge on any atom is -0.381 e. The van der Waals surface area contributed by atoms with Crippen molar-refractivity contribution in [2.45, 2.75) is 38.6 Å². The molecule has 0 amide bonds. The number of nitro groups is 1. The molecule has 2 rings (SSSR count). The van der Waals surface area contributed by atoms with Crippen LogP contribution in [0.3, 0.4) is 0 Å². The van der Waals surface area contributed by atoms with E-state index in [4.69, 9.17) is 5.73 Å². The molecule has 6 heteroatoms. The van der Waals surface area contributed by atoms with Crippen LogP contribution in [-0.2, 0) is 0 Å². The second-order valence-corrected chi connectivity index (χ2v) is 6.26. The third-order valence-corrected chi connectivity index (χ3v) is 4.69. The largest absolute Gasteiger partial charge is 0.381 e. The lowest BCUT2D eigenvalue weighted by atomic mass is 9.84. The van der Waals surface area contributed by atoms with Crippen molar-refractivity contribution in [1.82, 2.24) is 0 Å². The zero-order valence-corrected chi connectivity index (χ0v) is 13.1. The number of nitrogens with one attached hydrogen (secondary N) is 1. The molecule has 1 aromatic rings. The number of aryl methyl sites for hydroxylation is 1. The average Bonchev–Trinajstić information content (AvgIpc) is 2.42. The minimum atomic E-state index is -0.354. The molecule has 0 radical (unpaired) electrons. The maximum Gasteiger partial charge on any atom is 0.273 e. The Labute approximate surface area is 127 Å². The molecule has 1 saturated carbocycles. The van der Waals surface area contributed by atoms with Gasteiger partial charge in [-0.05, 0) is 54.2 Å². The van der Waals surface area contributed by atoms with Crippen LogP contribution in [0.4, 0.5) is 11.4 Å². The Morgan fingerprint density at radius 1 is 1.45 bits per heavy atom. The van der Waals surface area contributed by atoms with Crippen LogP contribution in [0.1, 0.15) is 31.2 Å². The van der Waals surface area contributed by atoms with Gasteiger partial charge in [0, 0.05) is 27.8 Å². The Hall–Kier alpha value is -1.14. The molecule has 110 valence electrons. The van der Waals surface area contributed by atoms with Gasteiger partial charge in [0.2, 0.25) is 0 Å². The van der Waals surface area contributed by atoms with Gasteiger partial charge in [-0.25, -0.2) is 0 Å². The highest BCUT2D eigenvalue weighted by atomic mass is 79.9. The fraction of sp³-hybridized carbons (Fsp3) is 0.571. The molecule has 0 heterocycles. The summed E-state index contributed by atoms with van der Waals surface area (Å²) in [5.41, 5.74) is 7.56. The van der Waals surface area contributed by atoms with Gasteiger partial charge in [-0.1, -0.05) is 12.8 Å². The molecule has 2 unspecified atom stereocenters. The molecular formula is C14H20BrN3O2. The zero-order chi connectivity index (χ0) is 14.7. The maximum atomic E-state index is 10.9. The van der Waals surface area contributed by atoms with Gasteiger partial charge in [0.1, 0.15) is 0 Å². The first-order chi connectivity index (χ1) is 9.52. The van der Waals surface area contributed by atoms with Crippen molar-refractivity contribution in [1.29, 1.82) is 0 Å². The van der Waals surface area contributed by atoms with Crippen molar-refractivity contribution >= 4 is 27.3 Å². The van der Waals surface area contributed by atoms with Crippen molar-refractivity contribution in [3.05, 3.63) is 32.3 Å². The highest BCUT2D eigenvalue weighted by Crippen LogP contribution is 2.33. The molecule has 5 nitrogen and oxygen atoms in total. The standard InChI is InChI=1S/C14H20BrN3O2/c1-9-6-13(11(15)7-14(9)18(19)20)17-12-5-3-2-4-10(12)8-16/h6-7,10,12,17H,2-5,8,16H2,1H3. The van der Waals surface area contributed by atoms with E-state index in [0.717, 1.165) is 23.0 Å². The van der Waals surface area contributed by atoms with E-state index in [1.54, 1.807) is 13.0 Å². The Kier molecular flexibility index (Phi) is 4.99. The number of nitrogens with zero attached hydrogens (tertiary/aromatic N) is 1. The van der Waals surface area contributed by atoms with Crippen molar-refractivity contribution < 1.29 is 4.92 Å². The van der Waals surface area contributed by atoms with E-state index in [1.807, 2.05) is 6.07 Å². The number of rotatable bonds is 4. The van der Waals surface area contributed by atoms with Gasteiger partial charge in [-0.2, -0.15) is 0 Å². The average molecular weight is 342 g/mol. The molecule has 0 aromatic heterocycles. The molecular weight excluding hydrogens is 322 g/mol. The molecule has 1 aliphatic carbocycles. The smallest absolute Gasteiger partial charge is 0.273 e. The maximum absolute atomic E-state index is 10.9. The Bertz CT molecular complexity index is 507.